The normalized spacial score (nSPS) is 12.1. The van der Waals surface area contributed by atoms with Gasteiger partial charge < -0.3 is 16.0 Å². The summed E-state index contributed by atoms with van der Waals surface area (Å²) < 4.78 is 25.1. The van der Waals surface area contributed by atoms with Gasteiger partial charge in [0.25, 0.3) is 0 Å². The molecule has 0 saturated carbocycles. The number of hydrogen-bond donors (Lipinski definition) is 2. The number of sulfone groups is 1. The molecule has 1 heterocycles. The van der Waals surface area contributed by atoms with E-state index >= 15 is 0 Å². The van der Waals surface area contributed by atoms with E-state index < -0.39 is 9.84 Å². The molecule has 0 fully saturated rings. The molecule has 1 rings (SSSR count). The van der Waals surface area contributed by atoms with Crippen molar-refractivity contribution >= 4 is 21.5 Å². The molecule has 0 aliphatic heterocycles. The maximum absolute atomic E-state index is 11.8. The number of nitrogen functional groups attached to an aromatic ring is 1. The monoisotopic (exact) mass is 289 g/mol. The molecule has 0 aromatic carbocycles. The average molecular weight is 289 g/mol. The summed E-state index contributed by atoms with van der Waals surface area (Å²) in [6.07, 6.45) is 2.03. The molecular weight excluding hydrogens is 266 g/mol. The van der Waals surface area contributed by atoms with Crippen molar-refractivity contribution in [2.24, 2.45) is 0 Å². The minimum absolute atomic E-state index is 0.0970. The fraction of sp³-hybridized carbons (Fsp3) is 0.727. The van der Waals surface area contributed by atoms with Gasteiger partial charge in [-0.15, -0.1) is 0 Å². The Bertz CT molecular complexity index is 521. The number of aromatic nitrogens is 2. The lowest BCUT2D eigenvalue weighted by Gasteiger charge is -2.10. The topological polar surface area (TPSA) is 93.2 Å². The number of nitrogens with two attached hydrogens (primary N) is 1. The highest BCUT2D eigenvalue weighted by Crippen LogP contribution is 2.27. The molecule has 7 nitrogen and oxygen atoms in total. The van der Waals surface area contributed by atoms with Crippen molar-refractivity contribution in [3.63, 3.8) is 0 Å². The number of rotatable bonds is 7. The fourth-order valence-corrected chi connectivity index (χ4v) is 2.60. The summed E-state index contributed by atoms with van der Waals surface area (Å²) in [5.41, 5.74) is 5.91. The third kappa shape index (κ3) is 4.10. The molecule has 3 N–H and O–H groups in total. The summed E-state index contributed by atoms with van der Waals surface area (Å²) >= 11 is 0. The van der Waals surface area contributed by atoms with E-state index in [-0.39, 0.29) is 10.7 Å². The Morgan fingerprint density at radius 2 is 2.05 bits per heavy atom. The van der Waals surface area contributed by atoms with Crippen LogP contribution in [0.25, 0.3) is 0 Å². The van der Waals surface area contributed by atoms with Gasteiger partial charge in [-0.25, -0.2) is 13.1 Å². The molecule has 0 aliphatic rings. The molecule has 0 aliphatic carbocycles. The molecule has 0 spiro atoms. The Kier molecular flexibility index (Phi) is 5.19. The predicted molar refractivity (Wildman–Crippen MR) is 77.1 cm³/mol. The van der Waals surface area contributed by atoms with E-state index in [4.69, 9.17) is 5.73 Å². The van der Waals surface area contributed by atoms with Crippen molar-refractivity contribution in [3.05, 3.63) is 0 Å². The first-order valence-electron chi connectivity index (χ1n) is 6.22. The molecule has 0 unspecified atom stereocenters. The van der Waals surface area contributed by atoms with Crippen molar-refractivity contribution in [2.75, 3.05) is 44.5 Å². The Labute approximate surface area is 114 Å². The lowest BCUT2D eigenvalue weighted by molar-refractivity contribution is 0.375. The van der Waals surface area contributed by atoms with Crippen molar-refractivity contribution < 1.29 is 8.42 Å². The Balaban J connectivity index is 3.11. The van der Waals surface area contributed by atoms with Crippen LogP contribution in [0, 0.1) is 0 Å². The molecule has 110 valence electrons. The Morgan fingerprint density at radius 3 is 2.53 bits per heavy atom. The second-order valence-corrected chi connectivity index (χ2v) is 6.74. The number of likely N-dealkylation sites (N-methyl/N-ethyl adjacent to an activating group) is 1. The van der Waals surface area contributed by atoms with Gasteiger partial charge in [-0.3, -0.25) is 0 Å². The van der Waals surface area contributed by atoms with E-state index in [9.17, 15) is 8.42 Å². The van der Waals surface area contributed by atoms with Gasteiger partial charge in [0.15, 0.2) is 20.6 Å². The molecule has 0 amide bonds. The number of anilines is 2. The fourth-order valence-electron chi connectivity index (χ4n) is 1.65. The van der Waals surface area contributed by atoms with Gasteiger partial charge in [0.05, 0.1) is 6.54 Å². The van der Waals surface area contributed by atoms with Crippen molar-refractivity contribution in [2.45, 2.75) is 24.8 Å². The lowest BCUT2D eigenvalue weighted by Crippen LogP contribution is -2.20. The van der Waals surface area contributed by atoms with Crippen LogP contribution in [0.1, 0.15) is 13.3 Å². The molecule has 0 atom stereocenters. The maximum Gasteiger partial charge on any atom is 0.182 e. The van der Waals surface area contributed by atoms with Gasteiger partial charge in [-0.05, 0) is 20.5 Å². The van der Waals surface area contributed by atoms with Crippen LogP contribution in [0.2, 0.25) is 0 Å². The van der Waals surface area contributed by atoms with Gasteiger partial charge in [0.1, 0.15) is 5.82 Å². The predicted octanol–water partition coefficient (Wildman–Crippen LogP) is 0.252. The third-order valence-corrected chi connectivity index (χ3v) is 3.76. The summed E-state index contributed by atoms with van der Waals surface area (Å²) in [5, 5.41) is 7.27. The highest BCUT2D eigenvalue weighted by atomic mass is 32.2. The van der Waals surface area contributed by atoms with Crippen LogP contribution in [0.5, 0.6) is 0 Å². The second-order valence-electron chi connectivity index (χ2n) is 4.79. The van der Waals surface area contributed by atoms with Gasteiger partial charge >= 0.3 is 0 Å². The van der Waals surface area contributed by atoms with Crippen LogP contribution >= 0.6 is 0 Å². The zero-order valence-electron chi connectivity index (χ0n) is 12.0. The summed E-state index contributed by atoms with van der Waals surface area (Å²) in [6, 6.07) is 0. The molecule has 1 aromatic heterocycles. The van der Waals surface area contributed by atoms with E-state index in [1.807, 2.05) is 25.9 Å². The number of hydrogen-bond acceptors (Lipinski definition) is 6. The summed E-state index contributed by atoms with van der Waals surface area (Å²) in [5.74, 6) is 0.545. The minimum atomic E-state index is -3.40. The highest BCUT2D eigenvalue weighted by molar-refractivity contribution is 7.91. The van der Waals surface area contributed by atoms with E-state index in [1.54, 1.807) is 0 Å². The Hall–Kier alpha value is -1.28. The number of nitrogens with zero attached hydrogens (tertiary/aromatic N) is 3. The first-order valence-corrected chi connectivity index (χ1v) is 8.11. The van der Waals surface area contributed by atoms with Crippen molar-refractivity contribution in [1.82, 2.24) is 14.7 Å². The Morgan fingerprint density at radius 1 is 1.42 bits per heavy atom. The van der Waals surface area contributed by atoms with Crippen LogP contribution < -0.4 is 11.1 Å². The smallest absolute Gasteiger partial charge is 0.182 e. The minimum Gasteiger partial charge on any atom is -0.383 e. The van der Waals surface area contributed by atoms with Crippen molar-refractivity contribution in [1.29, 1.82) is 0 Å². The lowest BCUT2D eigenvalue weighted by atomic mass is 10.4. The van der Waals surface area contributed by atoms with Gasteiger partial charge in [0.2, 0.25) is 0 Å². The molecule has 1 aromatic rings. The molecule has 0 radical (unpaired) electrons. The first-order chi connectivity index (χ1) is 8.77. The summed E-state index contributed by atoms with van der Waals surface area (Å²) in [4.78, 5) is 2.08. The molecule has 8 heteroatoms. The van der Waals surface area contributed by atoms with E-state index in [0.717, 1.165) is 19.2 Å². The number of nitrogens with one attached hydrogen (secondary N) is 1. The van der Waals surface area contributed by atoms with Gasteiger partial charge in [0, 0.05) is 19.3 Å². The van der Waals surface area contributed by atoms with Gasteiger partial charge in [-0.2, -0.15) is 5.10 Å². The van der Waals surface area contributed by atoms with Gasteiger partial charge in [-0.1, -0.05) is 6.92 Å². The third-order valence-electron chi connectivity index (χ3n) is 2.62. The first kappa shape index (κ1) is 15.8. The second kappa shape index (κ2) is 6.25. The van der Waals surface area contributed by atoms with Crippen LogP contribution in [0.15, 0.2) is 4.90 Å². The molecule has 0 saturated heterocycles. The van der Waals surface area contributed by atoms with Crippen molar-refractivity contribution in [3.8, 4) is 0 Å². The van der Waals surface area contributed by atoms with E-state index in [1.165, 1.54) is 4.68 Å². The maximum atomic E-state index is 11.8. The SMILES string of the molecule is CCCNc1nn(CCN(C)C)c(N)c1S(C)(=O)=O. The standard InChI is InChI=1S/C11H23N5O2S/c1-5-6-13-11-9(19(4,17)18)10(12)16(14-11)8-7-15(2)3/h5-8,12H2,1-4H3,(H,13,14). The van der Waals surface area contributed by atoms with Crippen LogP contribution in [0.3, 0.4) is 0 Å². The largest absolute Gasteiger partial charge is 0.383 e. The summed E-state index contributed by atoms with van der Waals surface area (Å²) in [6.45, 7) is 3.95. The van der Waals surface area contributed by atoms with E-state index in [2.05, 4.69) is 10.4 Å². The molecule has 19 heavy (non-hydrogen) atoms. The highest BCUT2D eigenvalue weighted by Gasteiger charge is 2.23. The zero-order valence-corrected chi connectivity index (χ0v) is 12.8. The van der Waals surface area contributed by atoms with Crippen LogP contribution in [0.4, 0.5) is 11.6 Å². The molecular formula is C11H23N5O2S. The quantitative estimate of drug-likeness (QED) is 0.747. The molecule has 0 bridgehead atoms. The van der Waals surface area contributed by atoms with E-state index in [0.29, 0.717) is 18.9 Å². The van der Waals surface area contributed by atoms with Crippen LogP contribution in [-0.2, 0) is 16.4 Å². The average Bonchev–Trinajstić information content (AvgIpc) is 2.60. The summed E-state index contributed by atoms with van der Waals surface area (Å²) in [7, 11) is 0.479. The zero-order chi connectivity index (χ0) is 14.6. The van der Waals surface area contributed by atoms with Crippen LogP contribution in [-0.4, -0.2) is 56.5 Å².